The monoisotopic (exact) mass is 188 g/mol. The van der Waals surface area contributed by atoms with Gasteiger partial charge in [-0.25, -0.2) is 0 Å². The summed E-state index contributed by atoms with van der Waals surface area (Å²) in [7, 11) is 0. The predicted molar refractivity (Wildman–Crippen MR) is 54.0 cm³/mol. The molecular weight excluding hydrogens is 176 g/mol. The first-order valence-electron chi connectivity index (χ1n) is 4.38. The van der Waals surface area contributed by atoms with Crippen LogP contribution in [0.25, 0.3) is 0 Å². The molecule has 0 aliphatic carbocycles. The van der Waals surface area contributed by atoms with Crippen molar-refractivity contribution in [3.63, 3.8) is 0 Å². The van der Waals surface area contributed by atoms with Crippen LogP contribution in [0.4, 0.5) is 0 Å². The zero-order valence-electron chi connectivity index (χ0n) is 8.32. The molecule has 1 rings (SSSR count). The van der Waals surface area contributed by atoms with Crippen molar-refractivity contribution >= 4 is 0 Å². The standard InChI is InChI=1S/C11H12N2O/c1-3-4-5-14-11-6-9(2)13-8-10(11)7-12/h3-4,6,8H,5H2,1-2H3/b4-3+. The van der Waals surface area contributed by atoms with E-state index in [4.69, 9.17) is 10.00 Å². The van der Waals surface area contributed by atoms with Gasteiger partial charge in [0.15, 0.2) is 0 Å². The van der Waals surface area contributed by atoms with Crippen LogP contribution in [0.3, 0.4) is 0 Å². The number of nitrogens with zero attached hydrogens (tertiary/aromatic N) is 2. The van der Waals surface area contributed by atoms with Gasteiger partial charge in [0.05, 0.1) is 0 Å². The Morgan fingerprint density at radius 3 is 3.07 bits per heavy atom. The van der Waals surface area contributed by atoms with Gasteiger partial charge < -0.3 is 4.74 Å². The minimum absolute atomic E-state index is 0.472. The lowest BCUT2D eigenvalue weighted by Gasteiger charge is -2.05. The third kappa shape index (κ3) is 2.60. The van der Waals surface area contributed by atoms with Crippen molar-refractivity contribution < 1.29 is 4.74 Å². The molecule has 0 radical (unpaired) electrons. The molecule has 0 N–H and O–H groups in total. The number of rotatable bonds is 3. The quantitative estimate of drug-likeness (QED) is 0.683. The minimum Gasteiger partial charge on any atom is -0.488 e. The average molecular weight is 188 g/mol. The van der Waals surface area contributed by atoms with E-state index >= 15 is 0 Å². The number of pyridine rings is 1. The molecule has 1 aromatic rings. The number of aromatic nitrogens is 1. The van der Waals surface area contributed by atoms with E-state index in [1.54, 1.807) is 6.07 Å². The highest BCUT2D eigenvalue weighted by Gasteiger charge is 2.02. The Kier molecular flexibility index (Phi) is 3.69. The van der Waals surface area contributed by atoms with Gasteiger partial charge in [-0.3, -0.25) is 4.98 Å². The molecule has 72 valence electrons. The SMILES string of the molecule is C/C=C/COc1cc(C)ncc1C#N. The average Bonchev–Trinajstić information content (AvgIpc) is 2.19. The smallest absolute Gasteiger partial charge is 0.140 e. The van der Waals surface area contributed by atoms with E-state index in [2.05, 4.69) is 4.98 Å². The second kappa shape index (κ2) is 5.03. The third-order valence-corrected chi connectivity index (χ3v) is 1.69. The zero-order valence-corrected chi connectivity index (χ0v) is 8.32. The molecule has 14 heavy (non-hydrogen) atoms. The number of allylic oxidation sites excluding steroid dienone is 1. The predicted octanol–water partition coefficient (Wildman–Crippen LogP) is 2.22. The van der Waals surface area contributed by atoms with Gasteiger partial charge in [-0.05, 0) is 13.8 Å². The van der Waals surface area contributed by atoms with Gasteiger partial charge >= 0.3 is 0 Å². The Balaban J connectivity index is 2.83. The fourth-order valence-corrected chi connectivity index (χ4v) is 0.972. The molecule has 1 heterocycles. The maximum Gasteiger partial charge on any atom is 0.140 e. The van der Waals surface area contributed by atoms with Crippen molar-refractivity contribution in [3.05, 3.63) is 35.7 Å². The van der Waals surface area contributed by atoms with Gasteiger partial charge in [0.1, 0.15) is 24.0 Å². The van der Waals surface area contributed by atoms with E-state index in [1.165, 1.54) is 6.20 Å². The van der Waals surface area contributed by atoms with Crippen LogP contribution in [0, 0.1) is 18.3 Å². The molecule has 0 fully saturated rings. The fraction of sp³-hybridized carbons (Fsp3) is 0.273. The molecule has 3 nitrogen and oxygen atoms in total. The maximum atomic E-state index is 8.78. The largest absolute Gasteiger partial charge is 0.488 e. The first kappa shape index (κ1) is 10.3. The van der Waals surface area contributed by atoms with Gasteiger partial charge in [0, 0.05) is 18.0 Å². The van der Waals surface area contributed by atoms with Crippen molar-refractivity contribution in [2.45, 2.75) is 13.8 Å². The summed E-state index contributed by atoms with van der Waals surface area (Å²) in [5.41, 5.74) is 1.32. The van der Waals surface area contributed by atoms with Crippen LogP contribution in [0.5, 0.6) is 5.75 Å². The van der Waals surface area contributed by atoms with Gasteiger partial charge in [-0.15, -0.1) is 0 Å². The Morgan fingerprint density at radius 2 is 2.43 bits per heavy atom. The van der Waals surface area contributed by atoms with Crippen LogP contribution in [0.15, 0.2) is 24.4 Å². The lowest BCUT2D eigenvalue weighted by Crippen LogP contribution is -1.97. The van der Waals surface area contributed by atoms with E-state index in [9.17, 15) is 0 Å². The van der Waals surface area contributed by atoms with Crippen molar-refractivity contribution in [1.29, 1.82) is 5.26 Å². The first-order valence-corrected chi connectivity index (χ1v) is 4.38. The summed E-state index contributed by atoms with van der Waals surface area (Å²) < 4.78 is 5.40. The Morgan fingerprint density at radius 1 is 1.64 bits per heavy atom. The summed E-state index contributed by atoms with van der Waals surface area (Å²) in [6.45, 7) is 4.27. The molecule has 0 amide bonds. The highest BCUT2D eigenvalue weighted by molar-refractivity contribution is 5.41. The van der Waals surface area contributed by atoms with Crippen LogP contribution in [-0.4, -0.2) is 11.6 Å². The summed E-state index contributed by atoms with van der Waals surface area (Å²) in [6.07, 6.45) is 5.32. The highest BCUT2D eigenvalue weighted by Crippen LogP contribution is 2.17. The molecule has 0 unspecified atom stereocenters. The molecule has 0 spiro atoms. The molecule has 0 atom stereocenters. The number of hydrogen-bond donors (Lipinski definition) is 0. The zero-order chi connectivity index (χ0) is 10.4. The van der Waals surface area contributed by atoms with Crippen LogP contribution < -0.4 is 4.74 Å². The lowest BCUT2D eigenvalue weighted by molar-refractivity contribution is 0.361. The number of ether oxygens (including phenoxy) is 1. The van der Waals surface area contributed by atoms with Crippen molar-refractivity contribution in [3.8, 4) is 11.8 Å². The molecule has 0 saturated carbocycles. The normalized spacial score (nSPS) is 10.1. The van der Waals surface area contributed by atoms with E-state index in [0.717, 1.165) is 5.69 Å². The lowest BCUT2D eigenvalue weighted by atomic mass is 10.2. The van der Waals surface area contributed by atoms with Gasteiger partial charge in [0.25, 0.3) is 0 Å². The Hall–Kier alpha value is -1.82. The third-order valence-electron chi connectivity index (χ3n) is 1.69. The number of aryl methyl sites for hydroxylation is 1. The van der Waals surface area contributed by atoms with Crippen molar-refractivity contribution in [1.82, 2.24) is 4.98 Å². The molecule has 3 heteroatoms. The molecular formula is C11H12N2O. The van der Waals surface area contributed by atoms with Crippen LogP contribution in [0.2, 0.25) is 0 Å². The molecule has 0 aliphatic rings. The number of nitriles is 1. The maximum absolute atomic E-state index is 8.78. The van der Waals surface area contributed by atoms with Crippen LogP contribution >= 0.6 is 0 Å². The summed E-state index contributed by atoms with van der Waals surface area (Å²) in [4.78, 5) is 4.02. The molecule has 0 bridgehead atoms. The van der Waals surface area contributed by atoms with Crippen molar-refractivity contribution in [2.75, 3.05) is 6.61 Å². The Labute approximate surface area is 83.7 Å². The van der Waals surface area contributed by atoms with E-state index < -0.39 is 0 Å². The van der Waals surface area contributed by atoms with Crippen molar-refractivity contribution in [2.24, 2.45) is 0 Å². The van der Waals surface area contributed by atoms with Gasteiger partial charge in [-0.1, -0.05) is 12.2 Å². The second-order valence-electron chi connectivity index (χ2n) is 2.81. The highest BCUT2D eigenvalue weighted by atomic mass is 16.5. The summed E-state index contributed by atoms with van der Waals surface area (Å²) >= 11 is 0. The van der Waals surface area contributed by atoms with E-state index in [1.807, 2.05) is 32.1 Å². The summed E-state index contributed by atoms with van der Waals surface area (Å²) in [6, 6.07) is 3.80. The Bertz CT molecular complexity index is 377. The first-order chi connectivity index (χ1) is 6.77. The van der Waals surface area contributed by atoms with E-state index in [0.29, 0.717) is 17.9 Å². The summed E-state index contributed by atoms with van der Waals surface area (Å²) in [5, 5.41) is 8.78. The van der Waals surface area contributed by atoms with Crippen LogP contribution in [0.1, 0.15) is 18.2 Å². The van der Waals surface area contributed by atoms with E-state index in [-0.39, 0.29) is 0 Å². The molecule has 1 aromatic heterocycles. The number of hydrogen-bond acceptors (Lipinski definition) is 3. The summed E-state index contributed by atoms with van der Waals surface area (Å²) in [5.74, 6) is 0.595. The molecule has 0 saturated heterocycles. The topological polar surface area (TPSA) is 45.9 Å². The van der Waals surface area contributed by atoms with Gasteiger partial charge in [-0.2, -0.15) is 5.26 Å². The molecule has 0 aromatic carbocycles. The fourth-order valence-electron chi connectivity index (χ4n) is 0.972. The van der Waals surface area contributed by atoms with Gasteiger partial charge in [0.2, 0.25) is 0 Å². The minimum atomic E-state index is 0.472. The second-order valence-corrected chi connectivity index (χ2v) is 2.81. The molecule has 0 aliphatic heterocycles. The van der Waals surface area contributed by atoms with Crippen LogP contribution in [-0.2, 0) is 0 Å².